The summed E-state index contributed by atoms with van der Waals surface area (Å²) in [6.45, 7) is 6.88. The van der Waals surface area contributed by atoms with Gasteiger partial charge in [-0.25, -0.2) is 18.1 Å². The van der Waals surface area contributed by atoms with E-state index in [9.17, 15) is 8.42 Å². The minimum atomic E-state index is -4.30. The molecular formula is C27H30B6N6O3S. The van der Waals surface area contributed by atoms with Crippen LogP contribution in [0.1, 0.15) is 25.3 Å². The molecule has 9 nitrogen and oxygen atoms in total. The van der Waals surface area contributed by atoms with Gasteiger partial charge in [0.25, 0.3) is 0 Å². The second kappa shape index (κ2) is 13.0. The molecule has 43 heavy (non-hydrogen) atoms. The van der Waals surface area contributed by atoms with E-state index in [1.165, 1.54) is 31.9 Å². The predicted octanol–water partition coefficient (Wildman–Crippen LogP) is 1.94. The Balaban J connectivity index is 1.44. The van der Waals surface area contributed by atoms with Crippen molar-refractivity contribution in [3.8, 4) is 5.75 Å². The van der Waals surface area contributed by atoms with Crippen LogP contribution in [0.4, 0.5) is 23.1 Å². The van der Waals surface area contributed by atoms with E-state index in [-0.39, 0.29) is 4.90 Å². The third-order valence-electron chi connectivity index (χ3n) is 7.43. The number of aromatic nitrogens is 2. The summed E-state index contributed by atoms with van der Waals surface area (Å²) < 4.78 is 34.7. The van der Waals surface area contributed by atoms with Crippen molar-refractivity contribution in [3.05, 3.63) is 60.3 Å². The summed E-state index contributed by atoms with van der Waals surface area (Å²) in [6, 6.07) is 13.5. The molecule has 3 N–H and O–H groups in total. The molecule has 0 spiro atoms. The van der Waals surface area contributed by atoms with Gasteiger partial charge in [0, 0.05) is 29.7 Å². The molecule has 0 amide bonds. The van der Waals surface area contributed by atoms with Crippen LogP contribution in [0.15, 0.2) is 59.6 Å². The molecule has 4 rings (SSSR count). The highest BCUT2D eigenvalue weighted by atomic mass is 32.2. The van der Waals surface area contributed by atoms with E-state index >= 15 is 0 Å². The van der Waals surface area contributed by atoms with Crippen molar-refractivity contribution in [1.29, 1.82) is 0 Å². The number of nitrogens with zero attached hydrogens (tertiary/aromatic N) is 3. The molecule has 1 fully saturated rings. The Morgan fingerprint density at radius 1 is 0.930 bits per heavy atom. The van der Waals surface area contributed by atoms with Crippen LogP contribution in [0.3, 0.4) is 0 Å². The van der Waals surface area contributed by atoms with Crippen molar-refractivity contribution in [1.82, 2.24) is 19.6 Å². The zero-order chi connectivity index (χ0) is 31.5. The molecule has 0 aliphatic carbocycles. The summed E-state index contributed by atoms with van der Waals surface area (Å²) in [5, 5.41) is 1.91. The van der Waals surface area contributed by atoms with Gasteiger partial charge in [-0.05, 0) is 87.8 Å². The van der Waals surface area contributed by atoms with E-state index in [1.807, 2.05) is 31.2 Å². The standard InChI is InChI=1S/C27H30B6N6O3S/c1-18-17-34-24(36-19-8-10-21(11-9-19)42-15-14-39-12-3-4-13-39)37-23(18)35-20-6-5-7-22(16-20)43(40,41)38-25(2,26(28,29)30)27(31,32)33/h5-11,16-17,38H,3-4,12-15H2,1-2H3,(H2,34,35,36,37). The average Bonchev–Trinajstić information content (AvgIpc) is 3.44. The number of nitrogens with one attached hydrogen (secondary N) is 3. The van der Waals surface area contributed by atoms with Gasteiger partial charge in [-0.1, -0.05) is 6.07 Å². The van der Waals surface area contributed by atoms with Crippen molar-refractivity contribution in [2.75, 3.05) is 36.9 Å². The van der Waals surface area contributed by atoms with Crippen LogP contribution in [0.25, 0.3) is 0 Å². The maximum absolute atomic E-state index is 13.3. The van der Waals surface area contributed by atoms with E-state index in [0.29, 0.717) is 24.1 Å². The molecule has 2 aromatic carbocycles. The first-order valence-corrected chi connectivity index (χ1v) is 15.3. The fourth-order valence-electron chi connectivity index (χ4n) is 4.45. The molecule has 3 aromatic rings. The number of hydrogen-bond acceptors (Lipinski definition) is 8. The lowest BCUT2D eigenvalue weighted by molar-refractivity contribution is 0.238. The molecule has 1 saturated heterocycles. The van der Waals surface area contributed by atoms with Crippen molar-refractivity contribution < 1.29 is 13.2 Å². The molecular weight excluding hydrogens is 553 g/mol. The molecule has 1 aromatic heterocycles. The summed E-state index contributed by atoms with van der Waals surface area (Å²) >= 11 is 0. The number of ether oxygens (including phenoxy) is 1. The van der Waals surface area contributed by atoms with Gasteiger partial charge >= 0.3 is 0 Å². The van der Waals surface area contributed by atoms with Crippen LogP contribution in [-0.2, 0) is 10.0 Å². The largest absolute Gasteiger partial charge is 0.492 e. The van der Waals surface area contributed by atoms with E-state index in [0.717, 1.165) is 36.6 Å². The minimum absolute atomic E-state index is 0.148. The van der Waals surface area contributed by atoms with Crippen molar-refractivity contribution in [3.63, 3.8) is 0 Å². The van der Waals surface area contributed by atoms with Gasteiger partial charge < -0.3 is 15.4 Å². The quantitative estimate of drug-likeness (QED) is 0.262. The number of sulfonamides is 1. The average molecular weight is 584 g/mol. The van der Waals surface area contributed by atoms with E-state index in [4.69, 9.17) is 51.8 Å². The molecule has 0 saturated carbocycles. The number of anilines is 4. The van der Waals surface area contributed by atoms with Crippen LogP contribution in [0, 0.1) is 6.92 Å². The smallest absolute Gasteiger partial charge is 0.241 e. The first-order valence-electron chi connectivity index (χ1n) is 13.8. The highest BCUT2D eigenvalue weighted by molar-refractivity contribution is 7.89. The lowest BCUT2D eigenvalue weighted by Crippen LogP contribution is -2.63. The summed E-state index contributed by atoms with van der Waals surface area (Å²) in [5.74, 6) is 1.58. The van der Waals surface area contributed by atoms with Gasteiger partial charge in [0.2, 0.25) is 16.0 Å². The van der Waals surface area contributed by atoms with Crippen molar-refractivity contribution in [2.45, 2.75) is 47.3 Å². The SMILES string of the molecule is [B]C([B])([B])C(C)(NS(=O)(=O)c1cccc(Nc2nc(Nc3ccc(OCCN4CCCC4)cc3)ncc2C)c1)C([B])([B])[B]. The third kappa shape index (κ3) is 8.22. The molecule has 0 unspecified atom stereocenters. The molecule has 2 heterocycles. The highest BCUT2D eigenvalue weighted by Crippen LogP contribution is 2.43. The maximum atomic E-state index is 13.3. The third-order valence-corrected chi connectivity index (χ3v) is 8.99. The molecule has 1 aliphatic heterocycles. The van der Waals surface area contributed by atoms with Gasteiger partial charge in [-0.2, -0.15) is 4.98 Å². The zero-order valence-corrected chi connectivity index (χ0v) is 25.2. The Hall–Kier alpha value is -2.82. The first-order chi connectivity index (χ1) is 20.1. The van der Waals surface area contributed by atoms with Crippen LogP contribution in [0.2, 0.25) is 10.2 Å². The fourth-order valence-corrected chi connectivity index (χ4v) is 6.00. The zero-order valence-electron chi connectivity index (χ0n) is 24.4. The van der Waals surface area contributed by atoms with Gasteiger partial charge in [-0.15, -0.1) is 10.2 Å². The van der Waals surface area contributed by atoms with Crippen LogP contribution >= 0.6 is 0 Å². The summed E-state index contributed by atoms with van der Waals surface area (Å²) in [7, 11) is 30.5. The normalized spacial score (nSPS) is 14.8. The second-order valence-electron chi connectivity index (χ2n) is 11.0. The number of hydrogen-bond donors (Lipinski definition) is 3. The first kappa shape index (κ1) is 33.1. The number of benzene rings is 2. The fraction of sp³-hybridized carbons (Fsp3) is 0.407. The Morgan fingerprint density at radius 2 is 1.58 bits per heavy atom. The van der Waals surface area contributed by atoms with E-state index in [2.05, 4.69) is 30.2 Å². The van der Waals surface area contributed by atoms with Crippen molar-refractivity contribution >= 4 is 80.2 Å². The summed E-state index contributed by atoms with van der Waals surface area (Å²) in [6.07, 6.45) is 4.16. The topological polar surface area (TPSA) is 108 Å². The summed E-state index contributed by atoms with van der Waals surface area (Å²) in [4.78, 5) is 11.2. The van der Waals surface area contributed by atoms with Gasteiger partial charge in [0.05, 0.1) is 52.0 Å². The van der Waals surface area contributed by atoms with Crippen molar-refractivity contribution in [2.24, 2.45) is 0 Å². The number of aryl methyl sites for hydroxylation is 1. The lowest BCUT2D eigenvalue weighted by atomic mass is 9.22. The van der Waals surface area contributed by atoms with Gasteiger partial charge in [0.1, 0.15) is 18.2 Å². The Kier molecular flexibility index (Phi) is 10.0. The minimum Gasteiger partial charge on any atom is -0.492 e. The molecule has 12 radical (unpaired) electrons. The molecule has 1 aliphatic rings. The van der Waals surface area contributed by atoms with Crippen LogP contribution in [0.5, 0.6) is 5.75 Å². The number of rotatable bonds is 13. The predicted molar refractivity (Wildman–Crippen MR) is 176 cm³/mol. The van der Waals surface area contributed by atoms with Crippen LogP contribution < -0.4 is 20.1 Å². The highest BCUT2D eigenvalue weighted by Gasteiger charge is 2.46. The Morgan fingerprint density at radius 3 is 2.21 bits per heavy atom. The van der Waals surface area contributed by atoms with Gasteiger partial charge in [-0.3, -0.25) is 4.90 Å². The van der Waals surface area contributed by atoms with E-state index in [1.54, 1.807) is 18.3 Å². The molecule has 16 heteroatoms. The molecule has 0 bridgehead atoms. The molecule has 0 atom stereocenters. The monoisotopic (exact) mass is 584 g/mol. The Bertz CT molecular complexity index is 1500. The summed E-state index contributed by atoms with van der Waals surface area (Å²) in [5.41, 5.74) is -0.115. The second-order valence-corrected chi connectivity index (χ2v) is 12.7. The molecule has 210 valence electrons. The number of likely N-dealkylation sites (tertiary alicyclic amines) is 1. The lowest BCUT2D eigenvalue weighted by Gasteiger charge is -2.54. The Labute approximate surface area is 262 Å². The van der Waals surface area contributed by atoms with E-state index < -0.39 is 25.8 Å². The maximum Gasteiger partial charge on any atom is 0.241 e. The van der Waals surface area contributed by atoms with Gasteiger partial charge in [0.15, 0.2) is 0 Å². The van der Waals surface area contributed by atoms with Crippen LogP contribution in [-0.4, -0.2) is 102 Å².